The van der Waals surface area contributed by atoms with Crippen LogP contribution >= 0.6 is 15.9 Å². The third kappa shape index (κ3) is 3.31. The molecule has 0 radical (unpaired) electrons. The van der Waals surface area contributed by atoms with E-state index in [0.717, 1.165) is 23.1 Å². The van der Waals surface area contributed by atoms with Crippen LogP contribution in [0.5, 0.6) is 0 Å². The van der Waals surface area contributed by atoms with Gasteiger partial charge in [-0.2, -0.15) is 5.10 Å². The van der Waals surface area contributed by atoms with Crippen LogP contribution in [0.1, 0.15) is 13.3 Å². The van der Waals surface area contributed by atoms with E-state index in [1.165, 1.54) is 12.1 Å². The van der Waals surface area contributed by atoms with Gasteiger partial charge in [-0.1, -0.05) is 6.92 Å². The molecule has 19 heavy (non-hydrogen) atoms. The minimum atomic E-state index is -0.404. The second-order valence-electron chi connectivity index (χ2n) is 4.03. The maximum absolute atomic E-state index is 11.0. The molecule has 1 N–H and O–H groups in total. The first-order valence-electron chi connectivity index (χ1n) is 5.84. The lowest BCUT2D eigenvalue weighted by Crippen LogP contribution is -2.03. The zero-order valence-electron chi connectivity index (χ0n) is 10.3. The van der Waals surface area contributed by atoms with Gasteiger partial charge in [0.1, 0.15) is 0 Å². The molecule has 0 aliphatic heterocycles. The van der Waals surface area contributed by atoms with Crippen molar-refractivity contribution in [1.82, 2.24) is 9.78 Å². The number of hydrogen-bond acceptors (Lipinski definition) is 4. The Morgan fingerprint density at radius 3 is 2.84 bits per heavy atom. The standard InChI is InChI=1S/C12H13BrN4O2/c1-2-3-14-10-4-11(6-12(5-10)17(18)19)16-8-9(13)7-15-16/h4-8,14H,2-3H2,1H3. The molecule has 2 rings (SSSR count). The summed E-state index contributed by atoms with van der Waals surface area (Å²) in [6, 6.07) is 4.86. The van der Waals surface area contributed by atoms with Crippen LogP contribution in [0.25, 0.3) is 5.69 Å². The Hall–Kier alpha value is -1.89. The van der Waals surface area contributed by atoms with Crippen molar-refractivity contribution < 1.29 is 4.92 Å². The van der Waals surface area contributed by atoms with Crippen molar-refractivity contribution in [3.63, 3.8) is 0 Å². The van der Waals surface area contributed by atoms with Crippen LogP contribution in [0.4, 0.5) is 11.4 Å². The maximum atomic E-state index is 11.0. The molecule has 1 heterocycles. The predicted molar refractivity (Wildman–Crippen MR) is 76.7 cm³/mol. The first-order chi connectivity index (χ1) is 9.10. The molecule has 0 amide bonds. The van der Waals surface area contributed by atoms with E-state index >= 15 is 0 Å². The second-order valence-corrected chi connectivity index (χ2v) is 4.94. The topological polar surface area (TPSA) is 73.0 Å². The van der Waals surface area contributed by atoms with E-state index in [1.807, 2.05) is 13.0 Å². The average molecular weight is 325 g/mol. The lowest BCUT2D eigenvalue weighted by atomic mass is 10.2. The molecule has 0 aliphatic carbocycles. The maximum Gasteiger partial charge on any atom is 0.273 e. The number of rotatable bonds is 5. The number of aromatic nitrogens is 2. The number of anilines is 1. The third-order valence-corrected chi connectivity index (χ3v) is 2.92. The van der Waals surface area contributed by atoms with Gasteiger partial charge in [0.2, 0.25) is 0 Å². The smallest absolute Gasteiger partial charge is 0.273 e. The Morgan fingerprint density at radius 1 is 1.47 bits per heavy atom. The monoisotopic (exact) mass is 324 g/mol. The van der Waals surface area contributed by atoms with Crippen LogP contribution < -0.4 is 5.32 Å². The molecule has 0 bridgehead atoms. The van der Waals surface area contributed by atoms with Crippen LogP contribution in [0, 0.1) is 10.1 Å². The van der Waals surface area contributed by atoms with Crippen molar-refractivity contribution >= 4 is 27.3 Å². The normalized spacial score (nSPS) is 10.4. The van der Waals surface area contributed by atoms with Crippen LogP contribution in [0.15, 0.2) is 35.1 Å². The number of hydrogen-bond donors (Lipinski definition) is 1. The van der Waals surface area contributed by atoms with Crippen molar-refractivity contribution in [1.29, 1.82) is 0 Å². The second kappa shape index (κ2) is 5.83. The van der Waals surface area contributed by atoms with Gasteiger partial charge in [-0.25, -0.2) is 4.68 Å². The van der Waals surface area contributed by atoms with E-state index in [1.54, 1.807) is 17.1 Å². The molecular formula is C12H13BrN4O2. The van der Waals surface area contributed by atoms with E-state index < -0.39 is 4.92 Å². The number of halogens is 1. The molecule has 100 valence electrons. The van der Waals surface area contributed by atoms with Crippen molar-refractivity contribution in [2.75, 3.05) is 11.9 Å². The Morgan fingerprint density at radius 2 is 2.26 bits per heavy atom. The highest BCUT2D eigenvalue weighted by atomic mass is 79.9. The van der Waals surface area contributed by atoms with Gasteiger partial charge in [-0.05, 0) is 28.4 Å². The summed E-state index contributed by atoms with van der Waals surface area (Å²) in [4.78, 5) is 10.6. The molecule has 7 heteroatoms. The van der Waals surface area contributed by atoms with Crippen molar-refractivity contribution in [2.24, 2.45) is 0 Å². The van der Waals surface area contributed by atoms with Crippen LogP contribution in [0.2, 0.25) is 0 Å². The Labute approximate surface area is 118 Å². The van der Waals surface area contributed by atoms with Crippen molar-refractivity contribution in [3.05, 3.63) is 45.2 Å². The van der Waals surface area contributed by atoms with Gasteiger partial charge in [-0.3, -0.25) is 10.1 Å². The fraction of sp³-hybridized carbons (Fsp3) is 0.250. The number of nitro groups is 1. The van der Waals surface area contributed by atoms with Crippen molar-refractivity contribution in [2.45, 2.75) is 13.3 Å². The number of nitrogens with one attached hydrogen (secondary N) is 1. The Bertz CT molecular complexity index is 597. The fourth-order valence-corrected chi connectivity index (χ4v) is 1.93. The molecule has 1 aromatic heterocycles. The lowest BCUT2D eigenvalue weighted by Gasteiger charge is -2.08. The summed E-state index contributed by atoms with van der Waals surface area (Å²) in [6.07, 6.45) is 4.34. The fourth-order valence-electron chi connectivity index (χ4n) is 1.65. The number of nitro benzene ring substituents is 1. The SMILES string of the molecule is CCCNc1cc(-n2cc(Br)cn2)cc([N+](=O)[O-])c1. The molecule has 0 unspecified atom stereocenters. The van der Waals surface area contributed by atoms with Gasteiger partial charge in [0.25, 0.3) is 5.69 Å². The molecule has 6 nitrogen and oxygen atoms in total. The first-order valence-corrected chi connectivity index (χ1v) is 6.63. The number of benzene rings is 1. The van der Waals surface area contributed by atoms with E-state index in [-0.39, 0.29) is 5.69 Å². The summed E-state index contributed by atoms with van der Waals surface area (Å²) in [6.45, 7) is 2.80. The van der Waals surface area contributed by atoms with Gasteiger partial charge in [0, 0.05) is 30.6 Å². The summed E-state index contributed by atoms with van der Waals surface area (Å²) in [5, 5.41) is 18.2. The van der Waals surface area contributed by atoms with Gasteiger partial charge >= 0.3 is 0 Å². The molecule has 0 spiro atoms. The zero-order chi connectivity index (χ0) is 13.8. The number of nitrogens with zero attached hydrogens (tertiary/aromatic N) is 3. The number of non-ortho nitro benzene ring substituents is 1. The lowest BCUT2D eigenvalue weighted by molar-refractivity contribution is -0.384. The van der Waals surface area contributed by atoms with E-state index in [4.69, 9.17) is 0 Å². The van der Waals surface area contributed by atoms with Gasteiger partial charge < -0.3 is 5.32 Å². The van der Waals surface area contributed by atoms with Gasteiger partial charge in [0.05, 0.1) is 21.3 Å². The summed E-state index contributed by atoms with van der Waals surface area (Å²) >= 11 is 3.30. The summed E-state index contributed by atoms with van der Waals surface area (Å²) in [7, 11) is 0. The molecule has 0 saturated carbocycles. The largest absolute Gasteiger partial charge is 0.385 e. The third-order valence-electron chi connectivity index (χ3n) is 2.51. The summed E-state index contributed by atoms with van der Waals surface area (Å²) in [5.74, 6) is 0. The zero-order valence-corrected chi connectivity index (χ0v) is 11.9. The molecule has 0 fully saturated rings. The first kappa shape index (κ1) is 13.5. The predicted octanol–water partition coefficient (Wildman–Crippen LogP) is 3.36. The van der Waals surface area contributed by atoms with Crippen LogP contribution in [-0.2, 0) is 0 Å². The summed E-state index contributed by atoms with van der Waals surface area (Å²) in [5.41, 5.74) is 1.42. The van der Waals surface area contributed by atoms with Crippen molar-refractivity contribution in [3.8, 4) is 5.69 Å². The van der Waals surface area contributed by atoms with E-state index in [2.05, 4.69) is 26.3 Å². The quantitative estimate of drug-likeness (QED) is 0.676. The minimum Gasteiger partial charge on any atom is -0.385 e. The molecule has 1 aromatic carbocycles. The molecule has 0 saturated heterocycles. The average Bonchev–Trinajstić information content (AvgIpc) is 2.82. The van der Waals surface area contributed by atoms with Gasteiger partial charge in [0.15, 0.2) is 0 Å². The summed E-state index contributed by atoms with van der Waals surface area (Å²) < 4.78 is 2.41. The highest BCUT2D eigenvalue weighted by Crippen LogP contribution is 2.24. The molecule has 0 aliphatic rings. The Balaban J connectivity index is 2.41. The molecule has 2 aromatic rings. The highest BCUT2D eigenvalue weighted by molar-refractivity contribution is 9.10. The van der Waals surface area contributed by atoms with E-state index in [9.17, 15) is 10.1 Å². The van der Waals surface area contributed by atoms with E-state index in [0.29, 0.717) is 5.69 Å². The molecule has 0 atom stereocenters. The van der Waals surface area contributed by atoms with Gasteiger partial charge in [-0.15, -0.1) is 0 Å². The minimum absolute atomic E-state index is 0.0442. The van der Waals surface area contributed by atoms with Crippen LogP contribution in [-0.4, -0.2) is 21.2 Å². The Kier molecular flexibility index (Phi) is 4.16. The highest BCUT2D eigenvalue weighted by Gasteiger charge is 2.11. The molecular weight excluding hydrogens is 312 g/mol. The van der Waals surface area contributed by atoms with Crippen LogP contribution in [0.3, 0.4) is 0 Å².